The minimum Gasteiger partial charge on any atom is -0.466 e. The number of hydrogen-bond acceptors (Lipinski definition) is 5. The lowest BCUT2D eigenvalue weighted by atomic mass is 9.90. The largest absolute Gasteiger partial charge is 0.466 e. The van der Waals surface area contributed by atoms with E-state index in [-0.39, 0.29) is 42.1 Å². The first-order valence-corrected chi connectivity index (χ1v) is 15.6. The lowest BCUT2D eigenvalue weighted by Gasteiger charge is -2.27. The number of pyridine rings is 1. The van der Waals surface area contributed by atoms with E-state index >= 15 is 8.78 Å². The highest BCUT2D eigenvalue weighted by atomic mass is 19.1. The average molecular weight is 642 g/mol. The number of carbonyl (C=O) groups is 2. The molecule has 0 fully saturated rings. The van der Waals surface area contributed by atoms with Gasteiger partial charge in [-0.3, -0.25) is 14.4 Å². The molecule has 2 aromatic carbocycles. The number of carbonyl (C=O) groups excluding carboxylic acids is 2. The van der Waals surface area contributed by atoms with E-state index in [1.807, 2.05) is 32.8 Å². The zero-order chi connectivity index (χ0) is 34.5. The molecule has 2 unspecified atom stereocenters. The van der Waals surface area contributed by atoms with Gasteiger partial charge in [-0.15, -0.1) is 0 Å². The Kier molecular flexibility index (Phi) is 12.4. The van der Waals surface area contributed by atoms with Crippen molar-refractivity contribution in [3.8, 4) is 11.1 Å². The van der Waals surface area contributed by atoms with E-state index in [2.05, 4.69) is 5.32 Å². The van der Waals surface area contributed by atoms with Crippen LogP contribution in [0.15, 0.2) is 35.3 Å². The molecule has 0 aliphatic heterocycles. The third-order valence-corrected chi connectivity index (χ3v) is 8.13. The maximum Gasteiger partial charge on any atom is 0.308 e. The van der Waals surface area contributed by atoms with Crippen LogP contribution in [0.2, 0.25) is 0 Å². The predicted molar refractivity (Wildman–Crippen MR) is 174 cm³/mol. The fourth-order valence-electron chi connectivity index (χ4n) is 5.81. The van der Waals surface area contributed by atoms with Gasteiger partial charge in [0.05, 0.1) is 19.1 Å². The molecule has 250 valence electrons. The van der Waals surface area contributed by atoms with Gasteiger partial charge in [0.15, 0.2) is 5.82 Å². The smallest absolute Gasteiger partial charge is 0.308 e. The number of hydrogen-bond donors (Lipinski definition) is 1. The SMILES string of the molecule is CCOC(=O)CC(NC(=O)C(CC(C)C)n1cc(CCN(C)C)c(C)c(F)c1=O)c1cc(-c2c(C)cc(F)cc2C)cc(C)c1F. The zero-order valence-electron chi connectivity index (χ0n) is 28.3. The molecule has 0 aliphatic carbocycles. The van der Waals surface area contributed by atoms with Crippen LogP contribution in [-0.4, -0.2) is 48.6 Å². The lowest BCUT2D eigenvalue weighted by Crippen LogP contribution is -2.41. The monoisotopic (exact) mass is 641 g/mol. The summed E-state index contributed by atoms with van der Waals surface area (Å²) in [5, 5.41) is 2.81. The molecule has 0 bridgehead atoms. The number of aromatic nitrogens is 1. The van der Waals surface area contributed by atoms with Crippen molar-refractivity contribution in [3.63, 3.8) is 0 Å². The normalized spacial score (nSPS) is 12.8. The van der Waals surface area contributed by atoms with Gasteiger partial charge in [0.25, 0.3) is 5.56 Å². The minimum absolute atomic E-state index is 0.0388. The molecule has 0 saturated carbocycles. The second-order valence-electron chi connectivity index (χ2n) is 12.7. The maximum absolute atomic E-state index is 15.9. The Morgan fingerprint density at radius 2 is 1.59 bits per heavy atom. The summed E-state index contributed by atoms with van der Waals surface area (Å²) in [5.41, 5.74) is 2.77. The first-order chi connectivity index (χ1) is 21.5. The highest BCUT2D eigenvalue weighted by Crippen LogP contribution is 2.34. The van der Waals surface area contributed by atoms with Gasteiger partial charge in [0.2, 0.25) is 5.91 Å². The van der Waals surface area contributed by atoms with Gasteiger partial charge in [-0.2, -0.15) is 0 Å². The van der Waals surface area contributed by atoms with E-state index < -0.39 is 47.0 Å². The molecular weight excluding hydrogens is 595 g/mol. The number of benzene rings is 2. The predicted octanol–water partition coefficient (Wildman–Crippen LogP) is 6.67. The number of halogens is 3. The maximum atomic E-state index is 15.9. The van der Waals surface area contributed by atoms with E-state index in [0.29, 0.717) is 40.8 Å². The molecular formula is C36H46F3N3O4. The molecule has 3 aromatic rings. The number of nitrogens with zero attached hydrogens (tertiary/aromatic N) is 2. The highest BCUT2D eigenvalue weighted by molar-refractivity contribution is 5.82. The Balaban J connectivity index is 2.16. The Hall–Kier alpha value is -3.92. The van der Waals surface area contributed by atoms with Gasteiger partial charge < -0.3 is 19.5 Å². The first-order valence-electron chi connectivity index (χ1n) is 15.6. The number of esters is 1. The summed E-state index contributed by atoms with van der Waals surface area (Å²) in [4.78, 5) is 42.1. The Labute approximate surface area is 269 Å². The highest BCUT2D eigenvalue weighted by Gasteiger charge is 2.31. The van der Waals surface area contributed by atoms with Crippen LogP contribution in [0.1, 0.15) is 79.1 Å². The summed E-state index contributed by atoms with van der Waals surface area (Å²) in [6, 6.07) is 3.65. The van der Waals surface area contributed by atoms with E-state index in [4.69, 9.17) is 4.74 Å². The van der Waals surface area contributed by atoms with E-state index in [9.17, 15) is 18.8 Å². The van der Waals surface area contributed by atoms with Crippen LogP contribution in [0.5, 0.6) is 0 Å². The molecule has 0 aliphatic rings. The number of likely N-dealkylation sites (N-methyl/N-ethyl adjacent to an activating group) is 1. The number of nitrogens with one attached hydrogen (secondary N) is 1. The quantitative estimate of drug-likeness (QED) is 0.211. The molecule has 46 heavy (non-hydrogen) atoms. The van der Waals surface area contributed by atoms with Crippen molar-refractivity contribution in [2.45, 2.75) is 79.8 Å². The molecule has 1 N–H and O–H groups in total. The van der Waals surface area contributed by atoms with Gasteiger partial charge in [-0.05, 0) is 131 Å². The average Bonchev–Trinajstić information content (AvgIpc) is 2.95. The van der Waals surface area contributed by atoms with Gasteiger partial charge in [0.1, 0.15) is 17.7 Å². The van der Waals surface area contributed by atoms with Crippen molar-refractivity contribution in [1.29, 1.82) is 0 Å². The summed E-state index contributed by atoms with van der Waals surface area (Å²) in [6.07, 6.45) is 1.78. The van der Waals surface area contributed by atoms with Gasteiger partial charge in [-0.25, -0.2) is 13.2 Å². The second kappa shape index (κ2) is 15.6. The summed E-state index contributed by atoms with van der Waals surface area (Å²) in [5.74, 6) is -3.35. The van der Waals surface area contributed by atoms with Crippen LogP contribution in [-0.2, 0) is 20.7 Å². The van der Waals surface area contributed by atoms with Crippen LogP contribution in [0.4, 0.5) is 13.2 Å². The zero-order valence-corrected chi connectivity index (χ0v) is 28.3. The molecule has 1 heterocycles. The molecule has 0 saturated heterocycles. The fourth-order valence-corrected chi connectivity index (χ4v) is 5.81. The summed E-state index contributed by atoms with van der Waals surface area (Å²) in [6.45, 7) is 12.7. The summed E-state index contributed by atoms with van der Waals surface area (Å²) < 4.78 is 51.6. The molecule has 0 spiro atoms. The number of ether oxygens (including phenoxy) is 1. The summed E-state index contributed by atoms with van der Waals surface area (Å²) in [7, 11) is 3.77. The van der Waals surface area contributed by atoms with Gasteiger partial charge in [0, 0.05) is 18.3 Å². The van der Waals surface area contributed by atoms with Crippen molar-refractivity contribution in [3.05, 3.63) is 91.6 Å². The second-order valence-corrected chi connectivity index (χ2v) is 12.7. The number of rotatable bonds is 13. The van der Waals surface area contributed by atoms with Crippen LogP contribution >= 0.6 is 0 Å². The van der Waals surface area contributed by atoms with Crippen LogP contribution in [0.25, 0.3) is 11.1 Å². The Bertz CT molecular complexity index is 1630. The lowest BCUT2D eigenvalue weighted by molar-refractivity contribution is -0.144. The topological polar surface area (TPSA) is 80.6 Å². The van der Waals surface area contributed by atoms with E-state index in [0.717, 1.165) is 4.57 Å². The van der Waals surface area contributed by atoms with Crippen LogP contribution in [0.3, 0.4) is 0 Å². The fraction of sp³-hybridized carbons (Fsp3) is 0.472. The van der Waals surface area contributed by atoms with Crippen LogP contribution < -0.4 is 10.9 Å². The molecule has 1 amide bonds. The van der Waals surface area contributed by atoms with E-state index in [1.165, 1.54) is 18.3 Å². The number of aryl methyl sites for hydroxylation is 3. The molecule has 3 rings (SSSR count). The van der Waals surface area contributed by atoms with E-state index in [1.54, 1.807) is 46.8 Å². The molecule has 0 radical (unpaired) electrons. The van der Waals surface area contributed by atoms with Crippen molar-refractivity contribution in [1.82, 2.24) is 14.8 Å². The van der Waals surface area contributed by atoms with Gasteiger partial charge in [-0.1, -0.05) is 13.8 Å². The van der Waals surface area contributed by atoms with Crippen LogP contribution in [0, 0.1) is 51.1 Å². The Morgan fingerprint density at radius 3 is 2.15 bits per heavy atom. The van der Waals surface area contributed by atoms with Crippen molar-refractivity contribution < 1.29 is 27.5 Å². The first kappa shape index (κ1) is 36.5. The standard InChI is InChI=1S/C36H46F3N3O4/c1-10-46-31(43)18-29(28-17-26(14-23(6)33(28)38)32-21(4)15-27(37)16-22(32)5)40-35(44)30(13-20(2)3)42-19-25(11-12-41(8)9)24(7)34(39)36(42)45/h14-17,19-20,29-30H,10-13,18H2,1-9H3,(H,40,44). The molecule has 2 atom stereocenters. The van der Waals surface area contributed by atoms with Crippen molar-refractivity contribution in [2.24, 2.45) is 5.92 Å². The van der Waals surface area contributed by atoms with Gasteiger partial charge >= 0.3 is 5.97 Å². The molecule has 10 heteroatoms. The minimum atomic E-state index is -1.18. The third-order valence-electron chi connectivity index (χ3n) is 8.13. The third kappa shape index (κ3) is 8.66. The van der Waals surface area contributed by atoms with Crippen molar-refractivity contribution in [2.75, 3.05) is 27.2 Å². The van der Waals surface area contributed by atoms with Crippen molar-refractivity contribution >= 4 is 11.9 Å². The molecule has 1 aromatic heterocycles. The number of amides is 1. The molecule has 7 nitrogen and oxygen atoms in total. The Morgan fingerprint density at radius 1 is 0.957 bits per heavy atom. The summed E-state index contributed by atoms with van der Waals surface area (Å²) >= 11 is 0.